The van der Waals surface area contributed by atoms with Crippen LogP contribution in [0.15, 0.2) is 36.4 Å². The van der Waals surface area contributed by atoms with Crippen molar-refractivity contribution in [2.24, 2.45) is 5.41 Å². The summed E-state index contributed by atoms with van der Waals surface area (Å²) in [4.78, 5) is 41.0. The van der Waals surface area contributed by atoms with Crippen molar-refractivity contribution in [3.05, 3.63) is 64.5 Å². The Morgan fingerprint density at radius 2 is 1.93 bits per heavy atom. The number of aromatic nitrogens is 1. The minimum absolute atomic E-state index is 0.137. The molecule has 2 N–H and O–H groups in total. The number of imide groups is 1. The topological polar surface area (TPSA) is 88.2 Å². The summed E-state index contributed by atoms with van der Waals surface area (Å²) in [6, 6.07) is 11.4. The average Bonchev–Trinajstić information content (AvgIpc) is 3.52. The SMILES string of the molecule is Cc1cc(CNC(=O)c2ccc([C@@H](C)[C@]3(C)CC(=O)NC3=O)cc2)cc(C2CC2)n1. The Hall–Kier alpha value is -3.02. The fourth-order valence-corrected chi connectivity index (χ4v) is 4.11. The predicted molar refractivity (Wildman–Crippen MR) is 113 cm³/mol. The van der Waals surface area contributed by atoms with Gasteiger partial charge in [-0.3, -0.25) is 24.7 Å². The summed E-state index contributed by atoms with van der Waals surface area (Å²) in [5.74, 6) is -0.173. The van der Waals surface area contributed by atoms with Crippen LogP contribution in [-0.4, -0.2) is 22.7 Å². The monoisotopic (exact) mass is 405 g/mol. The summed E-state index contributed by atoms with van der Waals surface area (Å²) in [6.07, 6.45) is 2.58. The zero-order valence-electron chi connectivity index (χ0n) is 17.6. The van der Waals surface area contributed by atoms with E-state index < -0.39 is 5.41 Å². The number of nitrogens with one attached hydrogen (secondary N) is 2. The highest BCUT2D eigenvalue weighted by Gasteiger charge is 2.46. The molecule has 1 aromatic carbocycles. The van der Waals surface area contributed by atoms with Gasteiger partial charge in [-0.2, -0.15) is 0 Å². The number of carbonyl (C=O) groups excluding carboxylic acids is 3. The van der Waals surface area contributed by atoms with Crippen molar-refractivity contribution >= 4 is 17.7 Å². The Morgan fingerprint density at radius 3 is 2.53 bits per heavy atom. The van der Waals surface area contributed by atoms with Crippen molar-refractivity contribution in [2.45, 2.75) is 58.4 Å². The van der Waals surface area contributed by atoms with E-state index in [1.807, 2.05) is 39.0 Å². The smallest absolute Gasteiger partial charge is 0.251 e. The second kappa shape index (κ2) is 7.67. The molecule has 3 amide bonds. The van der Waals surface area contributed by atoms with E-state index in [1.54, 1.807) is 12.1 Å². The minimum Gasteiger partial charge on any atom is -0.348 e. The van der Waals surface area contributed by atoms with Gasteiger partial charge in [-0.1, -0.05) is 19.1 Å². The van der Waals surface area contributed by atoms with Crippen LogP contribution in [-0.2, 0) is 16.1 Å². The maximum Gasteiger partial charge on any atom is 0.251 e. The zero-order valence-corrected chi connectivity index (χ0v) is 17.6. The van der Waals surface area contributed by atoms with Gasteiger partial charge in [0, 0.05) is 35.8 Å². The predicted octanol–water partition coefficient (Wildman–Crippen LogP) is 3.35. The van der Waals surface area contributed by atoms with E-state index in [0.29, 0.717) is 18.0 Å². The maximum absolute atomic E-state index is 12.6. The van der Waals surface area contributed by atoms with Crippen LogP contribution < -0.4 is 10.6 Å². The van der Waals surface area contributed by atoms with E-state index in [-0.39, 0.29) is 30.1 Å². The van der Waals surface area contributed by atoms with Gasteiger partial charge in [0.1, 0.15) is 0 Å². The Bertz CT molecular complexity index is 1010. The Morgan fingerprint density at radius 1 is 1.23 bits per heavy atom. The number of amides is 3. The van der Waals surface area contributed by atoms with Gasteiger partial charge in [0.25, 0.3) is 5.91 Å². The molecule has 1 saturated carbocycles. The van der Waals surface area contributed by atoms with Gasteiger partial charge in [-0.25, -0.2) is 0 Å². The van der Waals surface area contributed by atoms with Gasteiger partial charge in [-0.05, 0) is 68.0 Å². The molecule has 1 aromatic heterocycles. The Kier molecular flexibility index (Phi) is 5.18. The molecule has 0 unspecified atom stereocenters. The van der Waals surface area contributed by atoms with Crippen LogP contribution in [0.2, 0.25) is 0 Å². The number of benzene rings is 1. The molecule has 1 saturated heterocycles. The zero-order chi connectivity index (χ0) is 21.5. The second-order valence-electron chi connectivity index (χ2n) is 8.81. The van der Waals surface area contributed by atoms with E-state index in [9.17, 15) is 14.4 Å². The van der Waals surface area contributed by atoms with Crippen LogP contribution in [0.5, 0.6) is 0 Å². The summed E-state index contributed by atoms with van der Waals surface area (Å²) in [7, 11) is 0. The highest BCUT2D eigenvalue weighted by Crippen LogP contribution is 2.41. The number of nitrogens with zero attached hydrogens (tertiary/aromatic N) is 1. The fraction of sp³-hybridized carbons (Fsp3) is 0.417. The number of hydrogen-bond donors (Lipinski definition) is 2. The van der Waals surface area contributed by atoms with E-state index in [2.05, 4.69) is 21.7 Å². The van der Waals surface area contributed by atoms with E-state index in [0.717, 1.165) is 22.5 Å². The van der Waals surface area contributed by atoms with Crippen molar-refractivity contribution in [1.82, 2.24) is 15.6 Å². The first-order valence-electron chi connectivity index (χ1n) is 10.5. The summed E-state index contributed by atoms with van der Waals surface area (Å²) in [6.45, 7) is 6.19. The molecule has 0 spiro atoms. The Balaban J connectivity index is 1.41. The fourth-order valence-electron chi connectivity index (χ4n) is 4.11. The molecule has 2 atom stereocenters. The van der Waals surface area contributed by atoms with Crippen LogP contribution in [0.1, 0.15) is 77.8 Å². The molecule has 2 aromatic rings. The van der Waals surface area contributed by atoms with Crippen molar-refractivity contribution in [3.63, 3.8) is 0 Å². The van der Waals surface area contributed by atoms with Crippen molar-refractivity contribution in [3.8, 4) is 0 Å². The number of carbonyl (C=O) groups is 3. The van der Waals surface area contributed by atoms with E-state index in [1.165, 1.54) is 12.8 Å². The standard InChI is InChI=1S/C24H27N3O3/c1-14-10-16(11-20(26-14)18-6-7-18)13-25-22(29)19-8-4-17(5-9-19)15(2)24(3)12-21(28)27-23(24)30/h4-5,8-11,15,18H,6-7,12-13H2,1-3H3,(H,25,29)(H,27,28,30)/t15-,24+/m1/s1. The molecule has 6 heteroatoms. The minimum atomic E-state index is -0.765. The lowest BCUT2D eigenvalue weighted by molar-refractivity contribution is -0.128. The molecule has 2 aliphatic rings. The molecule has 2 heterocycles. The molecule has 2 fully saturated rings. The molecule has 0 radical (unpaired) electrons. The first kappa shape index (κ1) is 20.3. The van der Waals surface area contributed by atoms with Gasteiger partial charge in [0.2, 0.25) is 11.8 Å². The van der Waals surface area contributed by atoms with Crippen LogP contribution in [0.4, 0.5) is 0 Å². The third-order valence-electron chi connectivity index (χ3n) is 6.41. The van der Waals surface area contributed by atoms with E-state index in [4.69, 9.17) is 0 Å². The quantitative estimate of drug-likeness (QED) is 0.722. The summed E-state index contributed by atoms with van der Waals surface area (Å²) in [5, 5.41) is 5.37. The van der Waals surface area contributed by atoms with Crippen LogP contribution >= 0.6 is 0 Å². The van der Waals surface area contributed by atoms with Crippen LogP contribution in [0, 0.1) is 12.3 Å². The lowest BCUT2D eigenvalue weighted by Gasteiger charge is -2.28. The van der Waals surface area contributed by atoms with Gasteiger partial charge < -0.3 is 5.32 Å². The molecule has 4 rings (SSSR count). The summed E-state index contributed by atoms with van der Waals surface area (Å²) in [5.41, 5.74) is 3.89. The molecule has 0 bridgehead atoms. The number of aryl methyl sites for hydroxylation is 1. The van der Waals surface area contributed by atoms with Gasteiger partial charge in [-0.15, -0.1) is 0 Å². The molecular formula is C24H27N3O3. The third-order valence-corrected chi connectivity index (χ3v) is 6.41. The number of pyridine rings is 1. The number of rotatable bonds is 6. The van der Waals surface area contributed by atoms with Gasteiger partial charge in [0.15, 0.2) is 0 Å². The molecule has 1 aliphatic carbocycles. The van der Waals surface area contributed by atoms with Gasteiger partial charge in [0.05, 0.1) is 5.41 Å². The molecule has 156 valence electrons. The summed E-state index contributed by atoms with van der Waals surface area (Å²) < 4.78 is 0. The van der Waals surface area contributed by atoms with Crippen molar-refractivity contribution in [1.29, 1.82) is 0 Å². The lowest BCUT2D eigenvalue weighted by atomic mass is 9.73. The van der Waals surface area contributed by atoms with Crippen molar-refractivity contribution < 1.29 is 14.4 Å². The average molecular weight is 405 g/mol. The largest absolute Gasteiger partial charge is 0.348 e. The van der Waals surface area contributed by atoms with Gasteiger partial charge >= 0.3 is 0 Å². The second-order valence-corrected chi connectivity index (χ2v) is 8.81. The third kappa shape index (κ3) is 3.99. The van der Waals surface area contributed by atoms with E-state index >= 15 is 0 Å². The Labute approximate surface area is 176 Å². The van der Waals surface area contributed by atoms with Crippen molar-refractivity contribution in [2.75, 3.05) is 0 Å². The molecule has 30 heavy (non-hydrogen) atoms. The lowest BCUT2D eigenvalue weighted by Crippen LogP contribution is -2.33. The maximum atomic E-state index is 12.6. The molecule has 6 nitrogen and oxygen atoms in total. The first-order chi connectivity index (χ1) is 14.3. The molecular weight excluding hydrogens is 378 g/mol. The highest BCUT2D eigenvalue weighted by atomic mass is 16.2. The molecule has 1 aliphatic heterocycles. The van der Waals surface area contributed by atoms with Crippen LogP contribution in [0.3, 0.4) is 0 Å². The normalized spacial score (nSPS) is 22.0. The number of hydrogen-bond acceptors (Lipinski definition) is 4. The first-order valence-corrected chi connectivity index (χ1v) is 10.5. The summed E-state index contributed by atoms with van der Waals surface area (Å²) >= 11 is 0. The highest BCUT2D eigenvalue weighted by molar-refractivity contribution is 6.06. The van der Waals surface area contributed by atoms with Crippen LogP contribution in [0.25, 0.3) is 0 Å².